The van der Waals surface area contributed by atoms with E-state index in [4.69, 9.17) is 18.8 Å². The van der Waals surface area contributed by atoms with Crippen LogP contribution >= 0.6 is 0 Å². The van der Waals surface area contributed by atoms with E-state index in [1.54, 1.807) is 37.3 Å². The van der Waals surface area contributed by atoms with Crippen LogP contribution in [0.2, 0.25) is 0 Å². The molecule has 10 rings (SSSR count). The maximum absolute atomic E-state index is 5.83. The first-order valence-corrected chi connectivity index (χ1v) is 15.2. The summed E-state index contributed by atoms with van der Waals surface area (Å²) in [4.78, 5) is 27.2. The van der Waals surface area contributed by atoms with Gasteiger partial charge in [0.05, 0.1) is 6.26 Å². The summed E-state index contributed by atoms with van der Waals surface area (Å²) in [6.45, 7) is 0. The van der Waals surface area contributed by atoms with E-state index in [9.17, 15) is 0 Å². The molecule has 252 valence electrons. The fourth-order valence-corrected chi connectivity index (χ4v) is 6.29. The quantitative estimate of drug-likeness (QED) is 0.189. The molecule has 50 heavy (non-hydrogen) atoms. The number of benzene rings is 2. The smallest absolute Gasteiger partial charge is 0.654 e. The van der Waals surface area contributed by atoms with Crippen molar-refractivity contribution in [2.24, 2.45) is 28.2 Å². The summed E-state index contributed by atoms with van der Waals surface area (Å²) < 4.78 is 19.4. The zero-order valence-electron chi connectivity index (χ0n) is 27.0. The molecule has 0 unspecified atom stereocenters. The van der Waals surface area contributed by atoms with Crippen LogP contribution in [-0.2, 0) is 70.3 Å². The molecule has 8 heterocycles. The Hall–Kier alpha value is -5.18. The van der Waals surface area contributed by atoms with Crippen molar-refractivity contribution >= 4 is 44.0 Å². The molecule has 0 aliphatic heterocycles. The maximum Gasteiger partial charge on any atom is 2.00 e. The number of fused-ring (bicyclic) bond motifs is 6. The first kappa shape index (κ1) is 33.3. The van der Waals surface area contributed by atoms with E-state index in [0.29, 0.717) is 0 Å². The van der Waals surface area contributed by atoms with Gasteiger partial charge in [-0.15, -0.1) is 23.4 Å². The van der Waals surface area contributed by atoms with E-state index < -0.39 is 0 Å². The Balaban J connectivity index is 0.000000151. The second kappa shape index (κ2) is 12.9. The van der Waals surface area contributed by atoms with Gasteiger partial charge in [-0.3, -0.25) is 0 Å². The first-order valence-electron chi connectivity index (χ1n) is 15.2. The number of para-hydroxylation sites is 2. The van der Waals surface area contributed by atoms with Crippen LogP contribution in [0.5, 0.6) is 0 Å². The van der Waals surface area contributed by atoms with Gasteiger partial charge in [0.15, 0.2) is 0 Å². The molecule has 0 saturated heterocycles. The zero-order valence-corrected chi connectivity index (χ0v) is 31.5. The van der Waals surface area contributed by atoms with E-state index in [1.807, 2.05) is 95.3 Å². The summed E-state index contributed by atoms with van der Waals surface area (Å²) >= 11 is 0. The van der Waals surface area contributed by atoms with Crippen LogP contribution in [0, 0.1) is 12.4 Å². The van der Waals surface area contributed by atoms with Crippen LogP contribution in [0.15, 0.2) is 94.9 Å². The van der Waals surface area contributed by atoms with Gasteiger partial charge < -0.3 is 47.0 Å². The fraction of sp³-hybridized carbons (Fsp3) is 0.111. The molecule has 8 aromatic heterocycles. The van der Waals surface area contributed by atoms with Gasteiger partial charge in [-0.25, -0.2) is 9.97 Å². The van der Waals surface area contributed by atoms with Gasteiger partial charge >= 0.3 is 42.1 Å². The Bertz CT molecular complexity index is 2570. The first-order chi connectivity index (χ1) is 23.5. The Kier molecular flexibility index (Phi) is 8.62. The topological polar surface area (TPSA) is 126 Å². The molecule has 0 aliphatic carbocycles. The predicted octanol–water partition coefficient (Wildman–Crippen LogP) is 6.28. The summed E-state index contributed by atoms with van der Waals surface area (Å²) in [5.41, 5.74) is 8.69. The number of aryl methyl sites for hydroxylation is 4. The number of nitrogens with zero attached hydrogens (tertiary/aromatic N) is 10. The molecule has 2 aromatic carbocycles. The van der Waals surface area contributed by atoms with Crippen LogP contribution in [0.1, 0.15) is 0 Å². The molecule has 0 atom stereocenters. The zero-order chi connectivity index (χ0) is 32.5. The maximum atomic E-state index is 5.83. The van der Waals surface area contributed by atoms with Gasteiger partial charge in [-0.05, 0) is 31.3 Å². The van der Waals surface area contributed by atoms with Crippen molar-refractivity contribution in [1.82, 2.24) is 48.2 Å². The van der Waals surface area contributed by atoms with Crippen molar-refractivity contribution in [3.8, 4) is 45.6 Å². The number of rotatable bonds is 4. The van der Waals surface area contributed by atoms with Crippen LogP contribution in [-0.4, -0.2) is 38.2 Å². The van der Waals surface area contributed by atoms with Crippen molar-refractivity contribution < 1.29 is 51.0 Å². The van der Waals surface area contributed by atoms with Crippen molar-refractivity contribution in [1.29, 1.82) is 0 Å². The van der Waals surface area contributed by atoms with Crippen molar-refractivity contribution in [2.45, 2.75) is 0 Å². The molecule has 0 fully saturated rings. The summed E-state index contributed by atoms with van der Waals surface area (Å²) in [6.07, 6.45) is 20.2. The van der Waals surface area contributed by atoms with Gasteiger partial charge in [-0.2, -0.15) is 0 Å². The Morgan fingerprint density at radius 3 is 1.42 bits per heavy atom. The number of imidazole rings is 4. The average molecular weight is 1020 g/mol. The fourth-order valence-electron chi connectivity index (χ4n) is 6.29. The van der Waals surface area contributed by atoms with Gasteiger partial charge in [0.2, 0.25) is 0 Å². The molecule has 0 amide bonds. The van der Waals surface area contributed by atoms with Gasteiger partial charge in [-0.1, -0.05) is 65.4 Å². The molecule has 0 N–H and O–H groups in total. The monoisotopic (exact) mass is 1020 g/mol. The molecule has 0 saturated carbocycles. The average Bonchev–Trinajstić information content (AvgIpc) is 3.92. The minimum Gasteiger partial charge on any atom is -0.654 e. The second-order valence-electron chi connectivity index (χ2n) is 11.6. The summed E-state index contributed by atoms with van der Waals surface area (Å²) in [5, 5.41) is 1.96. The Morgan fingerprint density at radius 2 is 0.980 bits per heavy atom. The van der Waals surface area contributed by atoms with Crippen molar-refractivity contribution in [3.63, 3.8) is 0 Å². The molecule has 0 spiro atoms. The van der Waals surface area contributed by atoms with Crippen LogP contribution < -0.4 is 9.97 Å². The summed E-state index contributed by atoms with van der Waals surface area (Å²) in [6, 6.07) is 12.1. The number of hydrogen-bond donors (Lipinski definition) is 0. The van der Waals surface area contributed by atoms with Crippen molar-refractivity contribution in [2.75, 3.05) is 0 Å². The number of hydrogen-bond acceptors (Lipinski definition) is 6. The third-order valence-electron chi connectivity index (χ3n) is 8.66. The standard InChI is InChI=1S/2C18H13N5O.2Pt/c2*1-22-8-6-19-17(22)12-5-3-4-11-14(12)21-15-13(10-24-16(11)15)18-20-7-9-23(18)2;;/h3-5,7-10H,1-2H3;3-6,8-10H,1-2H3;;/q2*-2;2*+2. The number of aromatic nitrogens is 10. The molecular weight excluding hydrogens is 995 g/mol. The minimum absolute atomic E-state index is 0. The largest absolute Gasteiger partial charge is 2.00 e. The van der Waals surface area contributed by atoms with Crippen LogP contribution in [0.25, 0.3) is 89.6 Å². The molecule has 10 aromatic rings. The van der Waals surface area contributed by atoms with E-state index in [1.165, 1.54) is 0 Å². The van der Waals surface area contributed by atoms with Crippen molar-refractivity contribution in [3.05, 3.63) is 98.5 Å². The summed E-state index contributed by atoms with van der Waals surface area (Å²) in [7, 11) is 7.81. The van der Waals surface area contributed by atoms with E-state index in [0.717, 1.165) is 89.6 Å². The predicted molar refractivity (Wildman–Crippen MR) is 181 cm³/mol. The van der Waals surface area contributed by atoms with E-state index in [-0.39, 0.29) is 42.1 Å². The molecule has 14 heteroatoms. The van der Waals surface area contributed by atoms with Crippen LogP contribution in [0.4, 0.5) is 0 Å². The number of furan rings is 2. The molecule has 12 nitrogen and oxygen atoms in total. The second-order valence-corrected chi connectivity index (χ2v) is 11.6. The minimum atomic E-state index is 0. The summed E-state index contributed by atoms with van der Waals surface area (Å²) in [5.74, 6) is 3.34. The molecule has 0 bridgehead atoms. The third-order valence-corrected chi connectivity index (χ3v) is 8.66. The van der Waals surface area contributed by atoms with E-state index >= 15 is 0 Å². The Labute approximate surface area is 313 Å². The Morgan fingerprint density at radius 1 is 0.540 bits per heavy atom. The normalized spacial score (nSPS) is 11.3. The third kappa shape index (κ3) is 5.13. The molecular formula is C36H26N10O2Pt2. The van der Waals surface area contributed by atoms with Gasteiger partial charge in [0.25, 0.3) is 0 Å². The van der Waals surface area contributed by atoms with Gasteiger partial charge in [0.1, 0.15) is 29.1 Å². The van der Waals surface area contributed by atoms with Gasteiger partial charge in [0, 0.05) is 60.8 Å². The molecule has 0 aliphatic rings. The van der Waals surface area contributed by atoms with E-state index in [2.05, 4.69) is 32.3 Å². The SMILES string of the molecule is Cn1c[c-]nc1-c1cccc2c1[n-]c1c(-c3nccn3C)coc12.Cn1ccnc1-c1cccc2c1[n-]c1c(-c3n[c-]cn3C)coc12.[Pt+2].[Pt+2]. The molecule has 0 radical (unpaired) electrons. The van der Waals surface area contributed by atoms with Crippen LogP contribution in [0.3, 0.4) is 0 Å².